The van der Waals surface area contributed by atoms with Crippen molar-refractivity contribution < 1.29 is 9.90 Å². The minimum absolute atomic E-state index is 0.0143. The van der Waals surface area contributed by atoms with Gasteiger partial charge in [-0.15, -0.1) is 0 Å². The van der Waals surface area contributed by atoms with Crippen LogP contribution in [0.5, 0.6) is 0 Å². The Kier molecular flexibility index (Phi) is 8.82. The van der Waals surface area contributed by atoms with Crippen molar-refractivity contribution in [3.8, 4) is 0 Å². The Morgan fingerprint density at radius 1 is 1.14 bits per heavy atom. The van der Waals surface area contributed by atoms with E-state index in [9.17, 15) is 9.90 Å². The standard InChI is InChI=1S/C29H43ClN4O2/c1-29(2,3)25-20-33(27(22-7-5-4-6-8-22)23-9-11-24(30)12-10-23)17-18-34(25)26(35)19-21-13-15-32(16-14-21)28(31)36/h4-5,7,9-12,21,25-27,35H,6,8,13-20H2,1-3H3,(H2,31,36). The third-order valence-electron chi connectivity index (χ3n) is 8.25. The molecule has 3 unspecified atom stereocenters. The van der Waals surface area contributed by atoms with E-state index in [4.69, 9.17) is 17.3 Å². The maximum Gasteiger partial charge on any atom is 0.314 e. The van der Waals surface area contributed by atoms with E-state index in [1.807, 2.05) is 12.1 Å². The topological polar surface area (TPSA) is 73.0 Å². The fourth-order valence-corrected chi connectivity index (χ4v) is 6.28. The molecule has 0 saturated carbocycles. The zero-order chi connectivity index (χ0) is 25.9. The van der Waals surface area contributed by atoms with Gasteiger partial charge < -0.3 is 15.7 Å². The van der Waals surface area contributed by atoms with Gasteiger partial charge >= 0.3 is 6.03 Å². The van der Waals surface area contributed by atoms with Gasteiger partial charge in [-0.1, -0.05) is 62.7 Å². The van der Waals surface area contributed by atoms with E-state index in [-0.39, 0.29) is 23.5 Å². The van der Waals surface area contributed by atoms with Crippen molar-refractivity contribution in [3.05, 3.63) is 58.7 Å². The van der Waals surface area contributed by atoms with Crippen molar-refractivity contribution in [3.63, 3.8) is 0 Å². The molecule has 0 radical (unpaired) electrons. The monoisotopic (exact) mass is 514 g/mol. The maximum absolute atomic E-state index is 11.5. The average Bonchev–Trinajstić information content (AvgIpc) is 2.86. The summed E-state index contributed by atoms with van der Waals surface area (Å²) >= 11 is 6.23. The number of halogens is 1. The highest BCUT2D eigenvalue weighted by Gasteiger charge is 2.41. The third-order valence-corrected chi connectivity index (χ3v) is 8.51. The first-order chi connectivity index (χ1) is 17.1. The van der Waals surface area contributed by atoms with Crippen molar-refractivity contribution in [2.24, 2.45) is 17.1 Å². The molecule has 4 rings (SSSR count). The number of amides is 2. The normalized spacial score (nSPS) is 24.4. The van der Waals surface area contributed by atoms with Crippen LogP contribution in [0.2, 0.25) is 5.02 Å². The fraction of sp³-hybridized carbons (Fsp3) is 0.621. The van der Waals surface area contributed by atoms with Gasteiger partial charge in [-0.3, -0.25) is 9.80 Å². The quantitative estimate of drug-likeness (QED) is 0.548. The highest BCUT2D eigenvalue weighted by Crippen LogP contribution is 2.38. The van der Waals surface area contributed by atoms with Crippen LogP contribution in [0.1, 0.15) is 64.5 Å². The number of aliphatic hydroxyl groups is 1. The lowest BCUT2D eigenvalue weighted by Crippen LogP contribution is -2.61. The van der Waals surface area contributed by atoms with Crippen LogP contribution in [0.15, 0.2) is 48.1 Å². The lowest BCUT2D eigenvalue weighted by Gasteiger charge is -2.51. The Hall–Kier alpha value is -1.86. The van der Waals surface area contributed by atoms with Gasteiger partial charge in [-0.2, -0.15) is 0 Å². The number of piperidine rings is 1. The molecule has 3 aliphatic rings. The van der Waals surface area contributed by atoms with Gasteiger partial charge in [0.25, 0.3) is 0 Å². The van der Waals surface area contributed by atoms with Crippen molar-refractivity contribution in [2.45, 2.75) is 71.2 Å². The van der Waals surface area contributed by atoms with Crippen molar-refractivity contribution >= 4 is 17.6 Å². The Morgan fingerprint density at radius 3 is 2.42 bits per heavy atom. The lowest BCUT2D eigenvalue weighted by atomic mass is 9.81. The highest BCUT2D eigenvalue weighted by molar-refractivity contribution is 6.30. The van der Waals surface area contributed by atoms with E-state index in [1.54, 1.807) is 4.90 Å². The number of aliphatic hydroxyl groups excluding tert-OH is 1. The molecule has 2 fully saturated rings. The molecule has 1 aromatic carbocycles. The molecule has 3 N–H and O–H groups in total. The van der Waals surface area contributed by atoms with Crippen LogP contribution in [0.3, 0.4) is 0 Å². The molecule has 0 bridgehead atoms. The molecule has 7 heteroatoms. The second-order valence-electron chi connectivity index (χ2n) is 11.8. The van der Waals surface area contributed by atoms with Crippen LogP contribution in [-0.4, -0.2) is 70.8 Å². The molecule has 3 atom stereocenters. The van der Waals surface area contributed by atoms with E-state index in [0.29, 0.717) is 19.0 Å². The molecule has 2 aliphatic heterocycles. The van der Waals surface area contributed by atoms with Crippen molar-refractivity contribution in [1.29, 1.82) is 0 Å². The second kappa shape index (κ2) is 11.7. The smallest absolute Gasteiger partial charge is 0.314 e. The third kappa shape index (κ3) is 6.52. The molecule has 2 heterocycles. The number of urea groups is 1. The van der Waals surface area contributed by atoms with Crippen LogP contribution in [0, 0.1) is 11.3 Å². The van der Waals surface area contributed by atoms with Crippen molar-refractivity contribution in [2.75, 3.05) is 32.7 Å². The van der Waals surface area contributed by atoms with Gasteiger partial charge in [0.1, 0.15) is 6.23 Å². The summed E-state index contributed by atoms with van der Waals surface area (Å²) in [7, 11) is 0. The largest absolute Gasteiger partial charge is 0.378 e. The predicted molar refractivity (Wildman–Crippen MR) is 147 cm³/mol. The summed E-state index contributed by atoms with van der Waals surface area (Å²) in [6, 6.07) is 8.42. The zero-order valence-electron chi connectivity index (χ0n) is 22.1. The van der Waals surface area contributed by atoms with Crippen molar-refractivity contribution in [1.82, 2.24) is 14.7 Å². The predicted octanol–water partition coefficient (Wildman–Crippen LogP) is 5.19. The number of allylic oxidation sites excluding steroid dienone is 3. The number of piperazine rings is 1. The van der Waals surface area contributed by atoms with Gasteiger partial charge in [-0.25, -0.2) is 4.79 Å². The Balaban J connectivity index is 1.50. The first-order valence-corrected chi connectivity index (χ1v) is 13.8. The number of carbonyl (C=O) groups is 1. The number of rotatable bonds is 6. The van der Waals surface area contributed by atoms with Crippen LogP contribution in [-0.2, 0) is 0 Å². The van der Waals surface area contributed by atoms with E-state index in [1.165, 1.54) is 11.1 Å². The summed E-state index contributed by atoms with van der Waals surface area (Å²) in [5.74, 6) is 0.412. The second-order valence-corrected chi connectivity index (χ2v) is 12.2. The minimum atomic E-state index is -0.479. The highest BCUT2D eigenvalue weighted by atomic mass is 35.5. The van der Waals surface area contributed by atoms with E-state index < -0.39 is 6.23 Å². The molecular formula is C29H43ClN4O2. The number of primary amides is 1. The summed E-state index contributed by atoms with van der Waals surface area (Å²) in [5.41, 5.74) is 8.19. The SMILES string of the molecule is CC(C)(C)C1CN(C(C2=CC=CCC2)c2ccc(Cl)cc2)CCN1C(O)CC1CCN(C(N)=O)CC1. The van der Waals surface area contributed by atoms with Gasteiger partial charge in [0.05, 0.1) is 6.04 Å². The number of benzene rings is 1. The van der Waals surface area contributed by atoms with E-state index >= 15 is 0 Å². The van der Waals surface area contributed by atoms with Crippen LogP contribution < -0.4 is 5.73 Å². The Morgan fingerprint density at radius 2 is 1.83 bits per heavy atom. The minimum Gasteiger partial charge on any atom is -0.378 e. The number of nitrogens with two attached hydrogens (primary N) is 1. The van der Waals surface area contributed by atoms with E-state index in [0.717, 1.165) is 56.8 Å². The van der Waals surface area contributed by atoms with Gasteiger partial charge in [0, 0.05) is 43.8 Å². The first-order valence-electron chi connectivity index (χ1n) is 13.5. The van der Waals surface area contributed by atoms with Gasteiger partial charge in [0.15, 0.2) is 0 Å². The molecule has 2 amide bonds. The Bertz CT molecular complexity index is 947. The zero-order valence-corrected chi connectivity index (χ0v) is 22.8. The summed E-state index contributed by atoms with van der Waals surface area (Å²) in [4.78, 5) is 18.1. The van der Waals surface area contributed by atoms with Crippen LogP contribution >= 0.6 is 11.6 Å². The Labute approximate surface area is 221 Å². The fourth-order valence-electron chi connectivity index (χ4n) is 6.16. The lowest BCUT2D eigenvalue weighted by molar-refractivity contribution is -0.104. The molecule has 2 saturated heterocycles. The molecular weight excluding hydrogens is 472 g/mol. The molecule has 1 aromatic rings. The molecule has 6 nitrogen and oxygen atoms in total. The first kappa shape index (κ1) is 27.2. The van der Waals surface area contributed by atoms with E-state index in [2.05, 4.69) is 60.9 Å². The number of hydrogen-bond donors (Lipinski definition) is 2. The number of likely N-dealkylation sites (tertiary alicyclic amines) is 1. The maximum atomic E-state index is 11.5. The summed E-state index contributed by atoms with van der Waals surface area (Å²) in [5, 5.41) is 12.2. The summed E-state index contributed by atoms with van der Waals surface area (Å²) in [6.45, 7) is 10.9. The molecule has 1 aliphatic carbocycles. The number of carbonyl (C=O) groups excluding carboxylic acids is 1. The summed E-state index contributed by atoms with van der Waals surface area (Å²) in [6.07, 6.45) is 10.9. The van der Waals surface area contributed by atoms with Crippen LogP contribution in [0.25, 0.3) is 0 Å². The van der Waals surface area contributed by atoms with Gasteiger partial charge in [-0.05, 0) is 66.7 Å². The molecule has 198 valence electrons. The van der Waals surface area contributed by atoms with Gasteiger partial charge in [0.2, 0.25) is 0 Å². The average molecular weight is 515 g/mol. The molecule has 36 heavy (non-hydrogen) atoms. The summed E-state index contributed by atoms with van der Waals surface area (Å²) < 4.78 is 0. The molecule has 0 spiro atoms. The number of nitrogens with zero attached hydrogens (tertiary/aromatic N) is 3. The molecule has 0 aromatic heterocycles. The van der Waals surface area contributed by atoms with Crippen LogP contribution in [0.4, 0.5) is 4.79 Å². The number of hydrogen-bond acceptors (Lipinski definition) is 4.